The van der Waals surface area contributed by atoms with E-state index < -0.39 is 6.10 Å². The maximum Gasteiger partial charge on any atom is 0.255 e. The summed E-state index contributed by atoms with van der Waals surface area (Å²) in [6.07, 6.45) is 3.06. The third-order valence-corrected chi connectivity index (χ3v) is 3.81. The van der Waals surface area contributed by atoms with Crippen LogP contribution in [0, 0.1) is 0 Å². The van der Waals surface area contributed by atoms with E-state index in [1.54, 1.807) is 48.8 Å². The highest BCUT2D eigenvalue weighted by Gasteiger charge is 2.14. The molecular formula is C21H20N2O3. The van der Waals surface area contributed by atoms with Crippen LogP contribution in [0.2, 0.25) is 0 Å². The second kappa shape index (κ2) is 8.78. The number of hydrogen-bond donors (Lipinski definition) is 2. The molecule has 0 saturated carbocycles. The lowest BCUT2D eigenvalue weighted by atomic mass is 10.1. The van der Waals surface area contributed by atoms with E-state index in [9.17, 15) is 9.90 Å². The first-order chi connectivity index (χ1) is 12.7. The van der Waals surface area contributed by atoms with Gasteiger partial charge in [0.1, 0.15) is 11.5 Å². The van der Waals surface area contributed by atoms with Crippen LogP contribution in [0.3, 0.4) is 0 Å². The molecule has 0 spiro atoms. The third kappa shape index (κ3) is 4.91. The van der Waals surface area contributed by atoms with E-state index in [0.717, 1.165) is 5.56 Å². The van der Waals surface area contributed by atoms with Gasteiger partial charge in [-0.25, -0.2) is 0 Å². The summed E-state index contributed by atoms with van der Waals surface area (Å²) in [6.45, 7) is 0.162. The first-order valence-corrected chi connectivity index (χ1v) is 8.39. The van der Waals surface area contributed by atoms with Crippen molar-refractivity contribution in [1.82, 2.24) is 10.3 Å². The Morgan fingerprint density at radius 1 is 1.04 bits per heavy atom. The zero-order valence-electron chi connectivity index (χ0n) is 14.2. The van der Waals surface area contributed by atoms with Crippen molar-refractivity contribution in [3.8, 4) is 11.5 Å². The first-order valence-electron chi connectivity index (χ1n) is 8.39. The van der Waals surface area contributed by atoms with Gasteiger partial charge in [0.2, 0.25) is 0 Å². The Labute approximate surface area is 152 Å². The van der Waals surface area contributed by atoms with Gasteiger partial charge in [0.25, 0.3) is 5.91 Å². The number of amides is 1. The molecule has 0 saturated heterocycles. The topological polar surface area (TPSA) is 71.5 Å². The summed E-state index contributed by atoms with van der Waals surface area (Å²) in [7, 11) is 0. The van der Waals surface area contributed by atoms with Crippen molar-refractivity contribution < 1.29 is 14.6 Å². The molecule has 1 unspecified atom stereocenters. The standard InChI is InChI=1S/C21H20N2O3/c24-17(13-16-7-2-1-3-8-16)14-23-21(25)19-10-4-5-11-20(19)26-18-9-6-12-22-15-18/h1-12,15,17,24H,13-14H2,(H,23,25). The molecule has 5 nitrogen and oxygen atoms in total. The smallest absolute Gasteiger partial charge is 0.255 e. The van der Waals surface area contributed by atoms with Gasteiger partial charge >= 0.3 is 0 Å². The zero-order chi connectivity index (χ0) is 18.2. The number of pyridine rings is 1. The minimum Gasteiger partial charge on any atom is -0.455 e. The number of carbonyl (C=O) groups excluding carboxylic acids is 1. The number of ether oxygens (including phenoxy) is 1. The third-order valence-electron chi connectivity index (χ3n) is 3.81. The van der Waals surface area contributed by atoms with Crippen LogP contribution >= 0.6 is 0 Å². The molecule has 2 N–H and O–H groups in total. The zero-order valence-corrected chi connectivity index (χ0v) is 14.2. The van der Waals surface area contributed by atoms with Crippen molar-refractivity contribution in [2.75, 3.05) is 6.54 Å². The molecule has 0 bridgehead atoms. The van der Waals surface area contributed by atoms with Gasteiger partial charge in [0.15, 0.2) is 0 Å². The number of aliphatic hydroxyl groups is 1. The molecule has 5 heteroatoms. The molecule has 1 amide bonds. The van der Waals surface area contributed by atoms with Crippen LogP contribution in [0.25, 0.3) is 0 Å². The fraction of sp³-hybridized carbons (Fsp3) is 0.143. The highest BCUT2D eigenvalue weighted by atomic mass is 16.5. The number of benzene rings is 2. The van der Waals surface area contributed by atoms with Gasteiger partial charge in [0.05, 0.1) is 17.9 Å². The molecular weight excluding hydrogens is 328 g/mol. The number of aliphatic hydroxyl groups excluding tert-OH is 1. The summed E-state index contributed by atoms with van der Waals surface area (Å²) in [5.74, 6) is 0.698. The highest BCUT2D eigenvalue weighted by molar-refractivity contribution is 5.97. The first kappa shape index (κ1) is 17.6. The number of carbonyl (C=O) groups is 1. The molecule has 0 aliphatic heterocycles. The number of rotatable bonds is 7. The Hall–Kier alpha value is -3.18. The largest absolute Gasteiger partial charge is 0.455 e. The number of nitrogens with zero attached hydrogens (tertiary/aromatic N) is 1. The second-order valence-corrected chi connectivity index (χ2v) is 5.84. The molecule has 1 aromatic heterocycles. The Kier molecular flexibility index (Phi) is 5.96. The van der Waals surface area contributed by atoms with E-state index in [4.69, 9.17) is 4.74 Å². The van der Waals surface area contributed by atoms with E-state index in [0.29, 0.717) is 23.5 Å². The highest BCUT2D eigenvalue weighted by Crippen LogP contribution is 2.24. The minimum absolute atomic E-state index is 0.162. The summed E-state index contributed by atoms with van der Waals surface area (Å²) in [4.78, 5) is 16.5. The summed E-state index contributed by atoms with van der Waals surface area (Å²) >= 11 is 0. The van der Waals surface area contributed by atoms with Gasteiger partial charge < -0.3 is 15.2 Å². The number of para-hydroxylation sites is 1. The second-order valence-electron chi connectivity index (χ2n) is 5.84. The normalized spacial score (nSPS) is 11.6. The molecule has 132 valence electrons. The Bertz CT molecular complexity index is 838. The molecule has 1 atom stereocenters. The van der Waals surface area contributed by atoms with Gasteiger partial charge in [0, 0.05) is 19.2 Å². The Morgan fingerprint density at radius 2 is 1.81 bits per heavy atom. The predicted molar refractivity (Wildman–Crippen MR) is 99.2 cm³/mol. The van der Waals surface area contributed by atoms with Gasteiger partial charge in [-0.2, -0.15) is 0 Å². The van der Waals surface area contributed by atoms with Crippen molar-refractivity contribution in [2.24, 2.45) is 0 Å². The molecule has 2 aromatic carbocycles. The van der Waals surface area contributed by atoms with Crippen molar-refractivity contribution in [2.45, 2.75) is 12.5 Å². The maximum atomic E-state index is 12.5. The average molecular weight is 348 g/mol. The number of aromatic nitrogens is 1. The molecule has 0 radical (unpaired) electrons. The predicted octanol–water partition coefficient (Wildman–Crippen LogP) is 3.21. The van der Waals surface area contributed by atoms with Gasteiger partial charge in [-0.1, -0.05) is 42.5 Å². The molecule has 3 aromatic rings. The molecule has 1 heterocycles. The summed E-state index contributed by atoms with van der Waals surface area (Å²) in [6, 6.07) is 20.2. The van der Waals surface area contributed by atoms with Crippen LogP contribution in [0.5, 0.6) is 11.5 Å². The minimum atomic E-state index is -0.659. The van der Waals surface area contributed by atoms with Crippen LogP contribution in [0.15, 0.2) is 79.1 Å². The van der Waals surface area contributed by atoms with E-state index in [2.05, 4.69) is 10.3 Å². The van der Waals surface area contributed by atoms with Crippen LogP contribution < -0.4 is 10.1 Å². The fourth-order valence-electron chi connectivity index (χ4n) is 2.54. The summed E-state index contributed by atoms with van der Waals surface area (Å²) in [5, 5.41) is 12.9. The van der Waals surface area contributed by atoms with Crippen LogP contribution in [-0.2, 0) is 6.42 Å². The molecule has 0 aliphatic carbocycles. The maximum absolute atomic E-state index is 12.5. The van der Waals surface area contributed by atoms with Crippen LogP contribution in [0.4, 0.5) is 0 Å². The number of nitrogens with one attached hydrogen (secondary N) is 1. The van der Waals surface area contributed by atoms with E-state index >= 15 is 0 Å². The van der Waals surface area contributed by atoms with Crippen molar-refractivity contribution in [3.05, 3.63) is 90.3 Å². The van der Waals surface area contributed by atoms with E-state index in [-0.39, 0.29) is 12.5 Å². The fourth-order valence-corrected chi connectivity index (χ4v) is 2.54. The monoisotopic (exact) mass is 348 g/mol. The Morgan fingerprint density at radius 3 is 2.58 bits per heavy atom. The average Bonchev–Trinajstić information content (AvgIpc) is 2.68. The molecule has 0 aliphatic rings. The summed E-state index contributed by atoms with van der Waals surface area (Å²) < 4.78 is 5.75. The summed E-state index contributed by atoms with van der Waals surface area (Å²) in [5.41, 5.74) is 1.43. The van der Waals surface area contributed by atoms with Crippen molar-refractivity contribution in [1.29, 1.82) is 0 Å². The van der Waals surface area contributed by atoms with E-state index in [1.807, 2.05) is 30.3 Å². The number of hydrogen-bond acceptors (Lipinski definition) is 4. The lowest BCUT2D eigenvalue weighted by Gasteiger charge is -2.14. The quantitative estimate of drug-likeness (QED) is 0.688. The molecule has 0 fully saturated rings. The van der Waals surface area contributed by atoms with E-state index in [1.165, 1.54) is 0 Å². The lowest BCUT2D eigenvalue weighted by Crippen LogP contribution is -2.33. The van der Waals surface area contributed by atoms with Crippen LogP contribution in [0.1, 0.15) is 15.9 Å². The van der Waals surface area contributed by atoms with Gasteiger partial charge in [-0.15, -0.1) is 0 Å². The van der Waals surface area contributed by atoms with Gasteiger partial charge in [-0.05, 0) is 29.8 Å². The van der Waals surface area contributed by atoms with Gasteiger partial charge in [-0.3, -0.25) is 9.78 Å². The molecule has 26 heavy (non-hydrogen) atoms. The van der Waals surface area contributed by atoms with Crippen molar-refractivity contribution in [3.63, 3.8) is 0 Å². The lowest BCUT2D eigenvalue weighted by molar-refractivity contribution is 0.0913. The SMILES string of the molecule is O=C(NCC(O)Cc1ccccc1)c1ccccc1Oc1cccnc1. The van der Waals surface area contributed by atoms with Crippen molar-refractivity contribution >= 4 is 5.91 Å². The molecule has 3 rings (SSSR count). The Balaban J connectivity index is 1.61. The van der Waals surface area contributed by atoms with Crippen LogP contribution in [-0.4, -0.2) is 28.6 Å².